The summed E-state index contributed by atoms with van der Waals surface area (Å²) in [6.07, 6.45) is 0.0215. The van der Waals surface area contributed by atoms with Crippen molar-refractivity contribution in [1.29, 1.82) is 0 Å². The molecule has 3 rings (SSSR count). The van der Waals surface area contributed by atoms with Crippen molar-refractivity contribution < 1.29 is 14.4 Å². The van der Waals surface area contributed by atoms with E-state index in [4.69, 9.17) is 0 Å². The smallest absolute Gasteiger partial charge is 0.240 e. The highest BCUT2D eigenvalue weighted by Gasteiger charge is 2.32. The number of carbonyl (C=O) groups is 3. The lowest BCUT2D eigenvalue weighted by Gasteiger charge is -2.07. The minimum Gasteiger partial charge on any atom is -0.326 e. The molecule has 0 aliphatic carbocycles. The molecule has 11 heteroatoms. The van der Waals surface area contributed by atoms with Crippen molar-refractivity contribution in [2.24, 2.45) is 10.2 Å². The lowest BCUT2D eigenvalue weighted by atomic mass is 10.2. The van der Waals surface area contributed by atoms with E-state index >= 15 is 0 Å². The molecule has 2 fully saturated rings. The van der Waals surface area contributed by atoms with Crippen LogP contribution in [0.2, 0.25) is 0 Å². The van der Waals surface area contributed by atoms with Crippen LogP contribution in [0.5, 0.6) is 0 Å². The molecule has 0 spiro atoms. The number of rotatable bonds is 4. The molecular weight excluding hydrogens is 430 g/mol. The number of hydrogen-bond acceptors (Lipinski definition) is 7. The Kier molecular flexibility index (Phi) is 5.76. The molecule has 0 saturated carbocycles. The lowest BCUT2D eigenvalue weighted by Crippen LogP contribution is -2.28. The van der Waals surface area contributed by atoms with Crippen molar-refractivity contribution in [2.75, 3.05) is 11.1 Å². The predicted molar refractivity (Wildman–Crippen MR) is 102 cm³/mol. The third-order valence-electron chi connectivity index (χ3n) is 3.09. The molecule has 0 bridgehead atoms. The Balaban J connectivity index is 1.54. The summed E-state index contributed by atoms with van der Waals surface area (Å²) in [4.78, 5) is 35.1. The molecule has 2 aliphatic rings. The van der Waals surface area contributed by atoms with Gasteiger partial charge in [-0.2, -0.15) is 0 Å². The Morgan fingerprint density at radius 3 is 2.60 bits per heavy atom. The standard InChI is InChI=1S/C14H12BrN5O3S2/c15-7-1-3-8(4-2-7)16-10(21)5-9-12(23)18-14(25-9)20-19-13-17-11(22)6-24-13/h1-4,9H,5-6H2,(H,16,21)(H,17,19,22)(H,18,20,23)/t9-/m0/s1. The summed E-state index contributed by atoms with van der Waals surface area (Å²) >= 11 is 5.70. The van der Waals surface area contributed by atoms with E-state index in [1.807, 2.05) is 12.1 Å². The third-order valence-corrected chi connectivity index (χ3v) is 5.56. The topological polar surface area (TPSA) is 112 Å². The van der Waals surface area contributed by atoms with Gasteiger partial charge in [0.15, 0.2) is 10.3 Å². The van der Waals surface area contributed by atoms with E-state index < -0.39 is 5.25 Å². The van der Waals surface area contributed by atoms with E-state index in [9.17, 15) is 14.4 Å². The molecule has 2 saturated heterocycles. The lowest BCUT2D eigenvalue weighted by molar-refractivity contribution is -0.122. The number of thioether (sulfide) groups is 2. The number of anilines is 1. The number of nitrogens with zero attached hydrogens (tertiary/aromatic N) is 2. The number of hydrogen-bond donors (Lipinski definition) is 3. The van der Waals surface area contributed by atoms with E-state index in [0.717, 1.165) is 16.2 Å². The molecular formula is C14H12BrN5O3S2. The summed E-state index contributed by atoms with van der Waals surface area (Å²) in [6, 6.07) is 7.16. The van der Waals surface area contributed by atoms with Crippen LogP contribution in [0.15, 0.2) is 38.9 Å². The minimum atomic E-state index is -0.569. The first-order valence-electron chi connectivity index (χ1n) is 7.11. The van der Waals surface area contributed by atoms with Crippen molar-refractivity contribution >= 4 is 73.2 Å². The number of carbonyl (C=O) groups excluding carboxylic acids is 3. The number of halogens is 1. The maximum atomic E-state index is 12.1. The van der Waals surface area contributed by atoms with Crippen molar-refractivity contribution in [3.8, 4) is 0 Å². The average Bonchev–Trinajstić information content (AvgIpc) is 3.14. The van der Waals surface area contributed by atoms with Crippen LogP contribution < -0.4 is 16.0 Å². The zero-order chi connectivity index (χ0) is 17.8. The van der Waals surface area contributed by atoms with Crippen molar-refractivity contribution in [2.45, 2.75) is 11.7 Å². The summed E-state index contributed by atoms with van der Waals surface area (Å²) in [5.74, 6) is -0.379. The normalized spacial score (nSPS) is 23.0. The Bertz CT molecular complexity index is 781. The van der Waals surface area contributed by atoms with Crippen LogP contribution in [0.4, 0.5) is 5.69 Å². The number of amides is 3. The molecule has 3 N–H and O–H groups in total. The fourth-order valence-corrected chi connectivity index (χ4v) is 3.78. The zero-order valence-electron chi connectivity index (χ0n) is 12.6. The van der Waals surface area contributed by atoms with E-state index in [1.54, 1.807) is 12.1 Å². The van der Waals surface area contributed by atoms with Gasteiger partial charge in [0.1, 0.15) is 5.25 Å². The molecule has 2 aliphatic heterocycles. The second kappa shape index (κ2) is 8.02. The highest BCUT2D eigenvalue weighted by molar-refractivity contribution is 9.10. The van der Waals surface area contributed by atoms with Gasteiger partial charge < -0.3 is 16.0 Å². The molecule has 2 heterocycles. The number of nitrogens with one attached hydrogen (secondary N) is 3. The zero-order valence-corrected chi connectivity index (χ0v) is 15.8. The van der Waals surface area contributed by atoms with Gasteiger partial charge in [0.2, 0.25) is 17.7 Å². The minimum absolute atomic E-state index is 0.0215. The number of benzene rings is 1. The maximum absolute atomic E-state index is 12.1. The summed E-state index contributed by atoms with van der Waals surface area (Å²) < 4.78 is 0.912. The second-order valence-corrected chi connectivity index (χ2v) is 8.07. The highest BCUT2D eigenvalue weighted by atomic mass is 79.9. The highest BCUT2D eigenvalue weighted by Crippen LogP contribution is 2.23. The summed E-state index contributed by atoms with van der Waals surface area (Å²) in [6.45, 7) is 0. The van der Waals surface area contributed by atoms with Gasteiger partial charge in [0.05, 0.1) is 5.75 Å². The molecule has 1 aromatic carbocycles. The van der Waals surface area contributed by atoms with Gasteiger partial charge in [-0.25, -0.2) is 0 Å². The predicted octanol–water partition coefficient (Wildman–Crippen LogP) is 1.50. The van der Waals surface area contributed by atoms with Crippen LogP contribution in [0.3, 0.4) is 0 Å². The van der Waals surface area contributed by atoms with Gasteiger partial charge in [0, 0.05) is 16.6 Å². The van der Waals surface area contributed by atoms with Crippen molar-refractivity contribution in [3.63, 3.8) is 0 Å². The Hall–Kier alpha value is -1.85. The average molecular weight is 442 g/mol. The van der Waals surface area contributed by atoms with Gasteiger partial charge >= 0.3 is 0 Å². The Labute approximate surface area is 159 Å². The van der Waals surface area contributed by atoms with Gasteiger partial charge in [-0.1, -0.05) is 39.5 Å². The van der Waals surface area contributed by atoms with Crippen LogP contribution in [0.25, 0.3) is 0 Å². The number of amidine groups is 2. The van der Waals surface area contributed by atoms with Crippen LogP contribution in [0, 0.1) is 0 Å². The maximum Gasteiger partial charge on any atom is 0.240 e. The fourth-order valence-electron chi connectivity index (χ4n) is 1.97. The first-order valence-corrected chi connectivity index (χ1v) is 9.76. The first kappa shape index (κ1) is 18.0. The molecule has 0 radical (unpaired) electrons. The van der Waals surface area contributed by atoms with Gasteiger partial charge in [-0.05, 0) is 24.3 Å². The Morgan fingerprint density at radius 2 is 1.92 bits per heavy atom. The van der Waals surface area contributed by atoms with Crippen molar-refractivity contribution in [1.82, 2.24) is 10.6 Å². The molecule has 0 unspecified atom stereocenters. The summed E-state index contributed by atoms with van der Waals surface area (Å²) in [7, 11) is 0. The van der Waals surface area contributed by atoms with E-state index in [-0.39, 0.29) is 24.1 Å². The van der Waals surface area contributed by atoms with Crippen LogP contribution in [-0.2, 0) is 14.4 Å². The molecule has 130 valence electrons. The molecule has 25 heavy (non-hydrogen) atoms. The SMILES string of the molecule is O=C1CS/C(=N/N=C2\NC(=O)[C@H](CC(=O)Nc3ccc(Br)cc3)S2)N1. The van der Waals surface area contributed by atoms with E-state index in [1.165, 1.54) is 11.8 Å². The van der Waals surface area contributed by atoms with Crippen LogP contribution in [0.1, 0.15) is 6.42 Å². The first-order chi connectivity index (χ1) is 12.0. The van der Waals surface area contributed by atoms with Gasteiger partial charge in [-0.15, -0.1) is 10.2 Å². The molecule has 8 nitrogen and oxygen atoms in total. The van der Waals surface area contributed by atoms with E-state index in [2.05, 4.69) is 42.1 Å². The molecule has 0 aromatic heterocycles. The van der Waals surface area contributed by atoms with Crippen molar-refractivity contribution in [3.05, 3.63) is 28.7 Å². The monoisotopic (exact) mass is 441 g/mol. The van der Waals surface area contributed by atoms with Gasteiger partial charge in [0.25, 0.3) is 0 Å². The second-order valence-electron chi connectivity index (χ2n) is 5.00. The molecule has 1 atom stereocenters. The molecule has 3 amide bonds. The fraction of sp³-hybridized carbons (Fsp3) is 0.214. The quantitative estimate of drug-likeness (QED) is 0.612. The third kappa shape index (κ3) is 5.06. The van der Waals surface area contributed by atoms with E-state index in [0.29, 0.717) is 21.8 Å². The van der Waals surface area contributed by atoms with Crippen LogP contribution >= 0.6 is 39.5 Å². The summed E-state index contributed by atoms with van der Waals surface area (Å²) in [5, 5.41) is 15.8. The Morgan fingerprint density at radius 1 is 1.20 bits per heavy atom. The summed E-state index contributed by atoms with van der Waals surface area (Å²) in [5.41, 5.74) is 0.658. The van der Waals surface area contributed by atoms with Crippen LogP contribution in [-0.4, -0.2) is 39.1 Å². The largest absolute Gasteiger partial charge is 0.326 e. The molecule has 1 aromatic rings. The van der Waals surface area contributed by atoms with Gasteiger partial charge in [-0.3, -0.25) is 14.4 Å².